The topological polar surface area (TPSA) is 58.4 Å². The molecule has 1 unspecified atom stereocenters. The van der Waals surface area contributed by atoms with Crippen LogP contribution in [0.3, 0.4) is 0 Å². The molecule has 0 aromatic rings. The molecule has 0 spiro atoms. The summed E-state index contributed by atoms with van der Waals surface area (Å²) in [6, 6.07) is 0.339. The van der Waals surface area contributed by atoms with E-state index in [1.165, 1.54) is 12.8 Å². The monoisotopic (exact) mass is 255 g/mol. The number of nitrogens with two attached hydrogens (primary N) is 1. The molecule has 1 saturated carbocycles. The van der Waals surface area contributed by atoms with Crippen molar-refractivity contribution >= 4 is 23.2 Å². The van der Waals surface area contributed by atoms with Crippen LogP contribution in [0.15, 0.2) is 0 Å². The Labute approximate surface area is 108 Å². The van der Waals surface area contributed by atoms with Gasteiger partial charge in [-0.1, -0.05) is 25.1 Å². The molecule has 1 atom stereocenters. The largest absolute Gasteiger partial charge is 0.392 e. The molecule has 17 heavy (non-hydrogen) atoms. The minimum Gasteiger partial charge on any atom is -0.392 e. The molecule has 96 valence electrons. The van der Waals surface area contributed by atoms with Gasteiger partial charge in [-0.05, 0) is 32.1 Å². The highest BCUT2D eigenvalue weighted by atomic mass is 32.1. The number of carbonyl (C=O) groups is 1. The number of nitrogens with zero attached hydrogens (tertiary/aromatic N) is 1. The zero-order valence-corrected chi connectivity index (χ0v) is 11.0. The van der Waals surface area contributed by atoms with Gasteiger partial charge in [0.2, 0.25) is 0 Å². The van der Waals surface area contributed by atoms with Crippen molar-refractivity contribution in [1.82, 2.24) is 10.2 Å². The minimum atomic E-state index is -0.0415. The maximum absolute atomic E-state index is 12.2. The van der Waals surface area contributed by atoms with Gasteiger partial charge in [0.25, 0.3) is 0 Å². The van der Waals surface area contributed by atoms with Gasteiger partial charge in [0.05, 0.1) is 11.0 Å². The summed E-state index contributed by atoms with van der Waals surface area (Å²) in [4.78, 5) is 14.4. The van der Waals surface area contributed by atoms with E-state index in [2.05, 4.69) is 5.32 Å². The van der Waals surface area contributed by atoms with Crippen LogP contribution >= 0.6 is 12.2 Å². The van der Waals surface area contributed by atoms with Gasteiger partial charge in [-0.2, -0.15) is 0 Å². The molecular formula is C12H21N3OS. The minimum absolute atomic E-state index is 0.0226. The Hall–Kier alpha value is -0.840. The predicted molar refractivity (Wildman–Crippen MR) is 71.9 cm³/mol. The summed E-state index contributed by atoms with van der Waals surface area (Å²) >= 11 is 5.05. The van der Waals surface area contributed by atoms with Crippen LogP contribution in [0.25, 0.3) is 0 Å². The number of urea groups is 1. The molecule has 0 aromatic heterocycles. The molecule has 1 aliphatic heterocycles. The standard InChI is InChI=1S/C12H21N3OS/c13-11(17)10-7-3-4-8-15(10)12(16)14-9-5-1-2-6-9/h9-10H,1-8H2,(H2,13,17)(H,14,16). The Morgan fingerprint density at radius 1 is 1.18 bits per heavy atom. The highest BCUT2D eigenvalue weighted by molar-refractivity contribution is 7.80. The second-order valence-electron chi connectivity index (χ2n) is 5.04. The van der Waals surface area contributed by atoms with Crippen LogP contribution in [-0.2, 0) is 0 Å². The summed E-state index contributed by atoms with van der Waals surface area (Å²) in [5.41, 5.74) is 5.71. The smallest absolute Gasteiger partial charge is 0.318 e. The fraction of sp³-hybridized carbons (Fsp3) is 0.833. The third kappa shape index (κ3) is 3.09. The van der Waals surface area contributed by atoms with E-state index >= 15 is 0 Å². The van der Waals surface area contributed by atoms with Crippen LogP contribution in [-0.4, -0.2) is 34.5 Å². The summed E-state index contributed by atoms with van der Waals surface area (Å²) in [5.74, 6) is 0. The highest BCUT2D eigenvalue weighted by Crippen LogP contribution is 2.20. The molecule has 0 bridgehead atoms. The van der Waals surface area contributed by atoms with Gasteiger partial charge in [0.1, 0.15) is 0 Å². The molecule has 2 aliphatic rings. The maximum Gasteiger partial charge on any atom is 0.318 e. The molecule has 0 radical (unpaired) electrons. The summed E-state index contributed by atoms with van der Waals surface area (Å²) in [5, 5.41) is 3.11. The predicted octanol–water partition coefficient (Wildman–Crippen LogP) is 1.78. The van der Waals surface area contributed by atoms with Crippen molar-refractivity contribution in [2.24, 2.45) is 5.73 Å². The van der Waals surface area contributed by atoms with E-state index in [1.807, 2.05) is 4.90 Å². The quantitative estimate of drug-likeness (QED) is 0.739. The number of hydrogen-bond donors (Lipinski definition) is 2. The zero-order valence-electron chi connectivity index (χ0n) is 10.2. The number of thiocarbonyl (C=S) groups is 1. The summed E-state index contributed by atoms with van der Waals surface area (Å²) in [6.45, 7) is 0.778. The van der Waals surface area contributed by atoms with Crippen LogP contribution in [0.2, 0.25) is 0 Å². The Kier molecular flexibility index (Phi) is 4.20. The van der Waals surface area contributed by atoms with Gasteiger partial charge < -0.3 is 16.0 Å². The van der Waals surface area contributed by atoms with Gasteiger partial charge in [-0.3, -0.25) is 0 Å². The average molecular weight is 255 g/mol. The summed E-state index contributed by atoms with van der Waals surface area (Å²) in [7, 11) is 0. The molecule has 2 fully saturated rings. The van der Waals surface area contributed by atoms with Crippen molar-refractivity contribution in [2.45, 2.75) is 57.0 Å². The van der Waals surface area contributed by atoms with Crippen molar-refractivity contribution in [3.63, 3.8) is 0 Å². The Bertz CT molecular complexity index is 302. The van der Waals surface area contributed by atoms with E-state index in [4.69, 9.17) is 18.0 Å². The van der Waals surface area contributed by atoms with Gasteiger partial charge in [0.15, 0.2) is 0 Å². The van der Waals surface area contributed by atoms with Crippen molar-refractivity contribution in [1.29, 1.82) is 0 Å². The molecule has 5 heteroatoms. The van der Waals surface area contributed by atoms with E-state index in [0.29, 0.717) is 11.0 Å². The van der Waals surface area contributed by atoms with Crippen LogP contribution in [0, 0.1) is 0 Å². The second-order valence-corrected chi connectivity index (χ2v) is 5.51. The molecule has 3 N–H and O–H groups in total. The number of nitrogens with one attached hydrogen (secondary N) is 1. The molecule has 2 amide bonds. The molecule has 2 rings (SSSR count). The van der Waals surface area contributed by atoms with Crippen LogP contribution in [0.5, 0.6) is 0 Å². The van der Waals surface area contributed by atoms with E-state index in [1.54, 1.807) is 0 Å². The van der Waals surface area contributed by atoms with Crippen LogP contribution < -0.4 is 11.1 Å². The van der Waals surface area contributed by atoms with Crippen molar-refractivity contribution in [2.75, 3.05) is 6.54 Å². The number of likely N-dealkylation sites (tertiary alicyclic amines) is 1. The van der Waals surface area contributed by atoms with Gasteiger partial charge in [-0.15, -0.1) is 0 Å². The maximum atomic E-state index is 12.2. The Morgan fingerprint density at radius 3 is 2.47 bits per heavy atom. The molecule has 1 saturated heterocycles. The fourth-order valence-corrected chi connectivity index (χ4v) is 3.04. The van der Waals surface area contributed by atoms with E-state index in [9.17, 15) is 4.79 Å². The lowest BCUT2D eigenvalue weighted by Crippen LogP contribution is -2.54. The molecule has 4 nitrogen and oxygen atoms in total. The lowest BCUT2D eigenvalue weighted by atomic mass is 10.0. The van der Waals surface area contributed by atoms with Crippen LogP contribution in [0.1, 0.15) is 44.9 Å². The van der Waals surface area contributed by atoms with Gasteiger partial charge >= 0.3 is 6.03 Å². The van der Waals surface area contributed by atoms with E-state index in [-0.39, 0.29) is 12.1 Å². The number of piperidine rings is 1. The first-order valence-corrected chi connectivity index (χ1v) is 6.96. The second kappa shape index (κ2) is 5.67. The zero-order chi connectivity index (χ0) is 12.3. The third-order valence-electron chi connectivity index (χ3n) is 3.77. The van der Waals surface area contributed by atoms with E-state index in [0.717, 1.165) is 38.6 Å². The average Bonchev–Trinajstić information content (AvgIpc) is 2.81. The first kappa shape index (κ1) is 12.6. The van der Waals surface area contributed by atoms with Crippen molar-refractivity contribution < 1.29 is 4.79 Å². The fourth-order valence-electron chi connectivity index (χ4n) is 2.80. The SMILES string of the molecule is NC(=S)C1CCCCN1C(=O)NC1CCCC1. The van der Waals surface area contributed by atoms with E-state index < -0.39 is 0 Å². The van der Waals surface area contributed by atoms with Gasteiger partial charge in [-0.25, -0.2) is 4.79 Å². The Morgan fingerprint density at radius 2 is 1.82 bits per heavy atom. The van der Waals surface area contributed by atoms with Crippen molar-refractivity contribution in [3.8, 4) is 0 Å². The summed E-state index contributed by atoms with van der Waals surface area (Å²) < 4.78 is 0. The van der Waals surface area contributed by atoms with Crippen LogP contribution in [0.4, 0.5) is 4.79 Å². The number of carbonyl (C=O) groups excluding carboxylic acids is 1. The lowest BCUT2D eigenvalue weighted by molar-refractivity contribution is 0.169. The molecule has 0 aromatic carbocycles. The molecule has 1 heterocycles. The molecular weight excluding hydrogens is 234 g/mol. The number of rotatable bonds is 2. The molecule has 1 aliphatic carbocycles. The highest BCUT2D eigenvalue weighted by Gasteiger charge is 2.30. The van der Waals surface area contributed by atoms with Gasteiger partial charge in [0, 0.05) is 12.6 Å². The normalized spacial score (nSPS) is 25.9. The number of hydrogen-bond acceptors (Lipinski definition) is 2. The first-order chi connectivity index (χ1) is 8.18. The van der Waals surface area contributed by atoms with Crippen molar-refractivity contribution in [3.05, 3.63) is 0 Å². The first-order valence-electron chi connectivity index (χ1n) is 6.55. The number of amides is 2. The summed E-state index contributed by atoms with van der Waals surface area (Å²) in [6.07, 6.45) is 7.74. The lowest BCUT2D eigenvalue weighted by Gasteiger charge is -2.35. The third-order valence-corrected chi connectivity index (χ3v) is 4.05. The Balaban J connectivity index is 1.93.